The van der Waals surface area contributed by atoms with Gasteiger partial charge in [0, 0.05) is 10.1 Å². The number of fused-ring (bicyclic) bond motifs is 1. The van der Waals surface area contributed by atoms with Crippen LogP contribution in [0.2, 0.25) is 0 Å². The van der Waals surface area contributed by atoms with E-state index < -0.39 is 0 Å². The van der Waals surface area contributed by atoms with E-state index in [-0.39, 0.29) is 5.56 Å². The zero-order valence-corrected chi connectivity index (χ0v) is 10.9. The van der Waals surface area contributed by atoms with Crippen molar-refractivity contribution < 1.29 is 4.42 Å². The lowest BCUT2D eigenvalue weighted by atomic mass is 10.2. The Labute approximate surface area is 106 Å². The van der Waals surface area contributed by atoms with Crippen molar-refractivity contribution in [3.05, 3.63) is 32.1 Å². The van der Waals surface area contributed by atoms with Crippen LogP contribution in [0.5, 0.6) is 0 Å². The summed E-state index contributed by atoms with van der Waals surface area (Å²) in [6.07, 6.45) is 0.954. The summed E-state index contributed by atoms with van der Waals surface area (Å²) in [6.45, 7) is 2.78. The normalized spacial score (nSPS) is 10.6. The second-order valence-corrected chi connectivity index (χ2v) is 4.64. The van der Waals surface area contributed by atoms with Gasteiger partial charge in [0.2, 0.25) is 0 Å². The summed E-state index contributed by atoms with van der Waals surface area (Å²) < 4.78 is 6.47. The minimum Gasteiger partial charge on any atom is -0.425 e. The van der Waals surface area contributed by atoms with E-state index in [0.29, 0.717) is 17.0 Å². The molecule has 2 rings (SSSR count). The van der Waals surface area contributed by atoms with E-state index in [1.165, 1.54) is 0 Å². The van der Waals surface area contributed by atoms with Gasteiger partial charge in [-0.1, -0.05) is 6.92 Å². The van der Waals surface area contributed by atoms with Crippen LogP contribution in [0.25, 0.3) is 11.0 Å². The van der Waals surface area contributed by atoms with Gasteiger partial charge in [0.15, 0.2) is 0 Å². The molecule has 0 fully saturated rings. The summed E-state index contributed by atoms with van der Waals surface area (Å²) in [7, 11) is 0. The van der Waals surface area contributed by atoms with Crippen LogP contribution in [0.4, 0.5) is 6.01 Å². The summed E-state index contributed by atoms with van der Waals surface area (Å²) in [6, 6.07) is 5.76. The molecule has 0 aliphatic heterocycles. The molecule has 0 aliphatic carbocycles. The summed E-state index contributed by atoms with van der Waals surface area (Å²) >= 11 is 2.15. The first-order chi connectivity index (χ1) is 7.70. The molecule has 1 aromatic heterocycles. The van der Waals surface area contributed by atoms with Crippen molar-refractivity contribution in [2.45, 2.75) is 13.3 Å². The molecule has 0 amide bonds. The quantitative estimate of drug-likeness (QED) is 0.879. The molecule has 1 heterocycles. The topological polar surface area (TPSA) is 55.1 Å². The molecule has 16 heavy (non-hydrogen) atoms. The Balaban J connectivity index is 2.51. The summed E-state index contributed by atoms with van der Waals surface area (Å²) in [4.78, 5) is 15.5. The van der Waals surface area contributed by atoms with Crippen LogP contribution in [0, 0.1) is 3.57 Å². The average Bonchev–Trinajstić information content (AvgIpc) is 2.27. The molecule has 5 heteroatoms. The standard InChI is InChI=1S/C11H11IN2O2/c1-2-5-13-11-14-10(15)8-6-7(12)3-4-9(8)16-11/h3-4,6H,2,5H2,1H3,(H,13,14,15). The third-order valence-corrected chi connectivity index (χ3v) is 2.78. The summed E-state index contributed by atoms with van der Waals surface area (Å²) in [5.74, 6) is 0. The Bertz CT molecular complexity index is 565. The Morgan fingerprint density at radius 2 is 2.31 bits per heavy atom. The molecule has 0 unspecified atom stereocenters. The molecule has 0 saturated heterocycles. The van der Waals surface area contributed by atoms with Crippen molar-refractivity contribution in [3.8, 4) is 0 Å². The molecule has 2 aromatic rings. The fraction of sp³-hybridized carbons (Fsp3) is 0.273. The number of anilines is 1. The highest BCUT2D eigenvalue weighted by Gasteiger charge is 2.05. The van der Waals surface area contributed by atoms with Crippen molar-refractivity contribution in [1.82, 2.24) is 4.98 Å². The number of halogens is 1. The van der Waals surface area contributed by atoms with Gasteiger partial charge in [0.25, 0.3) is 11.6 Å². The van der Waals surface area contributed by atoms with Gasteiger partial charge >= 0.3 is 0 Å². The SMILES string of the molecule is CCCNc1nc(=O)c2cc(I)ccc2o1. The first-order valence-electron chi connectivity index (χ1n) is 5.05. The lowest BCUT2D eigenvalue weighted by Gasteiger charge is -2.03. The predicted molar refractivity (Wildman–Crippen MR) is 71.8 cm³/mol. The third-order valence-electron chi connectivity index (χ3n) is 2.11. The van der Waals surface area contributed by atoms with Gasteiger partial charge in [-0.3, -0.25) is 4.79 Å². The second kappa shape index (κ2) is 4.82. The van der Waals surface area contributed by atoms with E-state index in [1.807, 2.05) is 13.0 Å². The minimum atomic E-state index is -0.252. The summed E-state index contributed by atoms with van der Waals surface area (Å²) in [5.41, 5.74) is 0.317. The molecule has 0 atom stereocenters. The van der Waals surface area contributed by atoms with Gasteiger partial charge in [-0.2, -0.15) is 4.98 Å². The molecule has 1 N–H and O–H groups in total. The number of benzene rings is 1. The monoisotopic (exact) mass is 330 g/mol. The zero-order valence-electron chi connectivity index (χ0n) is 8.79. The van der Waals surface area contributed by atoms with Crippen molar-refractivity contribution in [1.29, 1.82) is 0 Å². The van der Waals surface area contributed by atoms with Crippen molar-refractivity contribution in [2.24, 2.45) is 0 Å². The van der Waals surface area contributed by atoms with Crippen LogP contribution < -0.4 is 10.9 Å². The molecular formula is C11H11IN2O2. The third kappa shape index (κ3) is 2.34. The number of aromatic nitrogens is 1. The van der Waals surface area contributed by atoms with Gasteiger partial charge in [-0.05, 0) is 47.2 Å². The largest absolute Gasteiger partial charge is 0.425 e. The van der Waals surface area contributed by atoms with E-state index in [1.54, 1.807) is 12.1 Å². The molecule has 84 valence electrons. The highest BCUT2D eigenvalue weighted by molar-refractivity contribution is 14.1. The molecule has 0 radical (unpaired) electrons. The van der Waals surface area contributed by atoms with E-state index in [2.05, 4.69) is 32.9 Å². The molecule has 0 bridgehead atoms. The Morgan fingerprint density at radius 1 is 1.50 bits per heavy atom. The maximum Gasteiger partial charge on any atom is 0.298 e. The van der Waals surface area contributed by atoms with Crippen LogP contribution in [-0.4, -0.2) is 11.5 Å². The molecule has 0 saturated carbocycles. The van der Waals surface area contributed by atoms with Crippen LogP contribution in [0.15, 0.2) is 27.4 Å². The maximum absolute atomic E-state index is 11.7. The van der Waals surface area contributed by atoms with E-state index in [4.69, 9.17) is 4.42 Å². The zero-order chi connectivity index (χ0) is 11.5. The van der Waals surface area contributed by atoms with Gasteiger partial charge in [-0.15, -0.1) is 0 Å². The first-order valence-corrected chi connectivity index (χ1v) is 6.13. The number of hydrogen-bond acceptors (Lipinski definition) is 4. The lowest BCUT2D eigenvalue weighted by molar-refractivity contribution is 0.590. The minimum absolute atomic E-state index is 0.252. The summed E-state index contributed by atoms with van der Waals surface area (Å²) in [5, 5.41) is 3.48. The fourth-order valence-corrected chi connectivity index (χ4v) is 1.84. The highest BCUT2D eigenvalue weighted by Crippen LogP contribution is 2.16. The molecule has 0 spiro atoms. The van der Waals surface area contributed by atoms with E-state index in [9.17, 15) is 4.79 Å². The Hall–Kier alpha value is -1.11. The van der Waals surface area contributed by atoms with Gasteiger partial charge < -0.3 is 9.73 Å². The molecule has 0 aliphatic rings. The van der Waals surface area contributed by atoms with Gasteiger partial charge in [0.05, 0.1) is 5.39 Å². The Kier molecular flexibility index (Phi) is 3.42. The number of nitrogens with zero attached hydrogens (tertiary/aromatic N) is 1. The van der Waals surface area contributed by atoms with Gasteiger partial charge in [-0.25, -0.2) is 0 Å². The molecule has 1 aromatic carbocycles. The number of hydrogen-bond donors (Lipinski definition) is 1. The van der Waals surface area contributed by atoms with Gasteiger partial charge in [0.1, 0.15) is 5.58 Å². The van der Waals surface area contributed by atoms with Crippen molar-refractivity contribution >= 4 is 39.6 Å². The van der Waals surface area contributed by atoms with Crippen molar-refractivity contribution in [3.63, 3.8) is 0 Å². The fourth-order valence-electron chi connectivity index (χ4n) is 1.35. The smallest absolute Gasteiger partial charge is 0.298 e. The van der Waals surface area contributed by atoms with E-state index in [0.717, 1.165) is 16.5 Å². The van der Waals surface area contributed by atoms with E-state index >= 15 is 0 Å². The Morgan fingerprint density at radius 3 is 3.06 bits per heavy atom. The predicted octanol–water partition coefficient (Wildman–Crippen LogP) is 2.61. The molecular weight excluding hydrogens is 319 g/mol. The second-order valence-electron chi connectivity index (χ2n) is 3.39. The first kappa shape index (κ1) is 11.4. The lowest BCUT2D eigenvalue weighted by Crippen LogP contribution is -2.11. The average molecular weight is 330 g/mol. The maximum atomic E-state index is 11.7. The molecule has 4 nitrogen and oxygen atoms in total. The van der Waals surface area contributed by atoms with Crippen LogP contribution >= 0.6 is 22.6 Å². The number of rotatable bonds is 3. The highest BCUT2D eigenvalue weighted by atomic mass is 127. The van der Waals surface area contributed by atoms with Crippen LogP contribution in [-0.2, 0) is 0 Å². The van der Waals surface area contributed by atoms with Crippen molar-refractivity contribution in [2.75, 3.05) is 11.9 Å². The number of nitrogens with one attached hydrogen (secondary N) is 1. The van der Waals surface area contributed by atoms with Crippen LogP contribution in [0.1, 0.15) is 13.3 Å². The van der Waals surface area contributed by atoms with Crippen LogP contribution in [0.3, 0.4) is 0 Å².